The van der Waals surface area contributed by atoms with Gasteiger partial charge < -0.3 is 4.52 Å². The van der Waals surface area contributed by atoms with Crippen molar-refractivity contribution in [3.05, 3.63) is 29.9 Å². The number of nitriles is 1. The topological polar surface area (TPSA) is 75.6 Å². The Bertz CT molecular complexity index is 517. The first kappa shape index (κ1) is 9.62. The Morgan fingerprint density at radius 1 is 1.53 bits per heavy atom. The summed E-state index contributed by atoms with van der Waals surface area (Å²) in [6.07, 6.45) is 1.52. The van der Waals surface area contributed by atoms with Crippen LogP contribution in [0.1, 0.15) is 11.6 Å². The maximum atomic E-state index is 8.66. The van der Waals surface area contributed by atoms with Gasteiger partial charge in [0.15, 0.2) is 0 Å². The Labute approximate surface area is 90.3 Å². The van der Waals surface area contributed by atoms with Crippen molar-refractivity contribution in [1.82, 2.24) is 15.1 Å². The zero-order chi connectivity index (χ0) is 10.7. The maximum Gasteiger partial charge on any atom is 0.241 e. The van der Waals surface area contributed by atoms with E-state index < -0.39 is 0 Å². The highest BCUT2D eigenvalue weighted by molar-refractivity contribution is 6.16. The van der Waals surface area contributed by atoms with Gasteiger partial charge in [-0.15, -0.1) is 11.6 Å². The van der Waals surface area contributed by atoms with Gasteiger partial charge in [0.2, 0.25) is 11.7 Å². The lowest BCUT2D eigenvalue weighted by Crippen LogP contribution is -1.86. The van der Waals surface area contributed by atoms with Crippen LogP contribution in [-0.4, -0.2) is 15.1 Å². The number of hydrogen-bond donors (Lipinski definition) is 0. The minimum absolute atomic E-state index is 0.170. The molecular formula is C9H5ClN4O. The first-order chi connectivity index (χ1) is 7.33. The van der Waals surface area contributed by atoms with E-state index in [0.717, 1.165) is 0 Å². The Hall–Kier alpha value is -1.93. The van der Waals surface area contributed by atoms with Gasteiger partial charge in [0.05, 0.1) is 0 Å². The second kappa shape index (κ2) is 4.07. The van der Waals surface area contributed by atoms with Crippen LogP contribution in [0.3, 0.4) is 0 Å². The second-order valence-electron chi connectivity index (χ2n) is 2.69. The molecule has 0 fully saturated rings. The zero-order valence-corrected chi connectivity index (χ0v) is 8.27. The SMILES string of the molecule is N#Cc1cc(-c2noc(CCl)n2)ccn1. The van der Waals surface area contributed by atoms with E-state index >= 15 is 0 Å². The van der Waals surface area contributed by atoms with Crippen LogP contribution in [0, 0.1) is 11.3 Å². The minimum atomic E-state index is 0.170. The second-order valence-corrected chi connectivity index (χ2v) is 2.95. The molecule has 6 heteroatoms. The van der Waals surface area contributed by atoms with Crippen LogP contribution >= 0.6 is 11.6 Å². The lowest BCUT2D eigenvalue weighted by atomic mass is 10.2. The molecule has 0 saturated carbocycles. The van der Waals surface area contributed by atoms with Gasteiger partial charge in [0, 0.05) is 11.8 Å². The largest absolute Gasteiger partial charge is 0.338 e. The van der Waals surface area contributed by atoms with Gasteiger partial charge in [-0.2, -0.15) is 10.2 Å². The molecule has 0 radical (unpaired) electrons. The van der Waals surface area contributed by atoms with Crippen LogP contribution < -0.4 is 0 Å². The number of aromatic nitrogens is 3. The molecule has 74 valence electrons. The monoisotopic (exact) mass is 220 g/mol. The van der Waals surface area contributed by atoms with Crippen LogP contribution in [0.5, 0.6) is 0 Å². The summed E-state index contributed by atoms with van der Waals surface area (Å²) in [4.78, 5) is 7.86. The van der Waals surface area contributed by atoms with Crippen LogP contribution in [0.15, 0.2) is 22.9 Å². The highest BCUT2D eigenvalue weighted by atomic mass is 35.5. The van der Waals surface area contributed by atoms with E-state index in [-0.39, 0.29) is 5.88 Å². The molecule has 0 saturated heterocycles. The van der Waals surface area contributed by atoms with Crippen LogP contribution in [-0.2, 0) is 5.88 Å². The van der Waals surface area contributed by atoms with Gasteiger partial charge in [0.1, 0.15) is 17.6 Å². The lowest BCUT2D eigenvalue weighted by molar-refractivity contribution is 0.391. The highest BCUT2D eigenvalue weighted by Crippen LogP contribution is 2.16. The summed E-state index contributed by atoms with van der Waals surface area (Å²) in [5.41, 5.74) is 0.992. The molecule has 0 amide bonds. The molecule has 0 aliphatic carbocycles. The van der Waals surface area contributed by atoms with Crippen molar-refractivity contribution < 1.29 is 4.52 Å². The van der Waals surface area contributed by atoms with Gasteiger partial charge in [-0.1, -0.05) is 5.16 Å². The molecule has 0 bridgehead atoms. The quantitative estimate of drug-likeness (QED) is 0.721. The van der Waals surface area contributed by atoms with E-state index in [0.29, 0.717) is 23.0 Å². The molecule has 0 aromatic carbocycles. The smallest absolute Gasteiger partial charge is 0.241 e. The summed E-state index contributed by atoms with van der Waals surface area (Å²) in [6, 6.07) is 5.22. The zero-order valence-electron chi connectivity index (χ0n) is 7.51. The highest BCUT2D eigenvalue weighted by Gasteiger charge is 2.08. The summed E-state index contributed by atoms with van der Waals surface area (Å²) in [5, 5.41) is 12.4. The van der Waals surface area contributed by atoms with E-state index in [1.807, 2.05) is 6.07 Å². The Kier molecular flexibility index (Phi) is 2.61. The number of rotatable bonds is 2. The number of hydrogen-bond acceptors (Lipinski definition) is 5. The summed E-state index contributed by atoms with van der Waals surface area (Å²) in [6.45, 7) is 0. The summed E-state index contributed by atoms with van der Waals surface area (Å²) < 4.78 is 4.85. The summed E-state index contributed by atoms with van der Waals surface area (Å²) in [7, 11) is 0. The molecule has 2 rings (SSSR count). The average molecular weight is 221 g/mol. The third-order valence-electron chi connectivity index (χ3n) is 1.72. The predicted molar refractivity (Wildman–Crippen MR) is 51.8 cm³/mol. The molecule has 0 atom stereocenters. The van der Waals surface area contributed by atoms with Crippen molar-refractivity contribution in [2.45, 2.75) is 5.88 Å². The summed E-state index contributed by atoms with van der Waals surface area (Å²) >= 11 is 5.53. The first-order valence-electron chi connectivity index (χ1n) is 4.08. The first-order valence-corrected chi connectivity index (χ1v) is 4.62. The van der Waals surface area contributed by atoms with E-state index in [9.17, 15) is 0 Å². The molecule has 5 nitrogen and oxygen atoms in total. The van der Waals surface area contributed by atoms with Crippen molar-refractivity contribution >= 4 is 11.6 Å². The molecule has 2 heterocycles. The van der Waals surface area contributed by atoms with Gasteiger partial charge in [-0.05, 0) is 12.1 Å². The molecule has 0 N–H and O–H groups in total. The number of halogens is 1. The van der Waals surface area contributed by atoms with Gasteiger partial charge in [0.25, 0.3) is 0 Å². The van der Waals surface area contributed by atoms with E-state index in [2.05, 4.69) is 15.1 Å². The lowest BCUT2D eigenvalue weighted by Gasteiger charge is -1.92. The van der Waals surface area contributed by atoms with E-state index in [1.54, 1.807) is 12.1 Å². The third kappa shape index (κ3) is 1.95. The number of nitrogens with zero attached hydrogens (tertiary/aromatic N) is 4. The fraction of sp³-hybridized carbons (Fsp3) is 0.111. The maximum absolute atomic E-state index is 8.66. The van der Waals surface area contributed by atoms with Gasteiger partial charge in [-0.25, -0.2) is 4.98 Å². The van der Waals surface area contributed by atoms with Crippen molar-refractivity contribution in [2.24, 2.45) is 0 Å². The standard InChI is InChI=1S/C9H5ClN4O/c10-4-8-13-9(14-15-8)6-1-2-12-7(3-6)5-11/h1-3H,4H2. The van der Waals surface area contributed by atoms with Crippen molar-refractivity contribution in [3.63, 3.8) is 0 Å². The fourth-order valence-corrected chi connectivity index (χ4v) is 1.17. The molecule has 0 aliphatic rings. The molecule has 15 heavy (non-hydrogen) atoms. The van der Waals surface area contributed by atoms with Crippen LogP contribution in [0.25, 0.3) is 11.4 Å². The third-order valence-corrected chi connectivity index (χ3v) is 1.94. The summed E-state index contributed by atoms with van der Waals surface area (Å²) in [5.74, 6) is 0.926. The van der Waals surface area contributed by atoms with Crippen LogP contribution in [0.4, 0.5) is 0 Å². The molecule has 2 aromatic rings. The molecular weight excluding hydrogens is 216 g/mol. The van der Waals surface area contributed by atoms with Crippen molar-refractivity contribution in [3.8, 4) is 17.5 Å². The van der Waals surface area contributed by atoms with E-state index in [4.69, 9.17) is 21.4 Å². The molecule has 0 aliphatic heterocycles. The van der Waals surface area contributed by atoms with E-state index in [1.165, 1.54) is 6.20 Å². The molecule has 0 spiro atoms. The number of pyridine rings is 1. The van der Waals surface area contributed by atoms with Crippen molar-refractivity contribution in [2.75, 3.05) is 0 Å². The van der Waals surface area contributed by atoms with Crippen LogP contribution in [0.2, 0.25) is 0 Å². The average Bonchev–Trinajstić information content (AvgIpc) is 2.78. The van der Waals surface area contributed by atoms with Gasteiger partial charge in [-0.3, -0.25) is 0 Å². The Morgan fingerprint density at radius 3 is 3.07 bits per heavy atom. The van der Waals surface area contributed by atoms with Gasteiger partial charge >= 0.3 is 0 Å². The number of alkyl halides is 1. The Morgan fingerprint density at radius 2 is 2.40 bits per heavy atom. The minimum Gasteiger partial charge on any atom is -0.338 e. The molecule has 0 unspecified atom stereocenters. The van der Waals surface area contributed by atoms with Crippen molar-refractivity contribution in [1.29, 1.82) is 5.26 Å². The predicted octanol–water partition coefficient (Wildman–Crippen LogP) is 1.74. The fourth-order valence-electron chi connectivity index (χ4n) is 1.06. The molecule has 2 aromatic heterocycles. The normalized spacial score (nSPS) is 9.87. The Balaban J connectivity index is 2.41.